The maximum absolute atomic E-state index is 12.8. The first kappa shape index (κ1) is 18.0. The van der Waals surface area contributed by atoms with Crippen LogP contribution in [0.25, 0.3) is 0 Å². The van der Waals surface area contributed by atoms with Gasteiger partial charge >= 0.3 is 12.2 Å². The van der Waals surface area contributed by atoms with Crippen molar-refractivity contribution in [3.63, 3.8) is 0 Å². The monoisotopic (exact) mass is 356 g/mol. The van der Waals surface area contributed by atoms with E-state index in [0.29, 0.717) is 44.3 Å². The lowest BCUT2D eigenvalue weighted by molar-refractivity contribution is -0.137. The zero-order valence-electron chi connectivity index (χ0n) is 13.9. The maximum atomic E-state index is 12.8. The van der Waals surface area contributed by atoms with Gasteiger partial charge in [-0.05, 0) is 49.7 Å². The molecule has 2 fully saturated rings. The number of hydrogen-bond donors (Lipinski definition) is 2. The predicted octanol–water partition coefficient (Wildman–Crippen LogP) is 3.51. The van der Waals surface area contributed by atoms with E-state index in [1.165, 1.54) is 12.1 Å². The Morgan fingerprint density at radius 3 is 2.68 bits per heavy atom. The number of rotatable bonds is 2. The molecule has 1 aromatic carbocycles. The van der Waals surface area contributed by atoms with Crippen molar-refractivity contribution in [3.8, 4) is 0 Å². The van der Waals surface area contributed by atoms with Gasteiger partial charge in [0.25, 0.3) is 0 Å². The van der Waals surface area contributed by atoms with Crippen LogP contribution >= 0.6 is 0 Å². The summed E-state index contributed by atoms with van der Waals surface area (Å²) < 4.78 is 38.4. The van der Waals surface area contributed by atoms with Gasteiger partial charge in [-0.2, -0.15) is 13.2 Å². The molecule has 25 heavy (non-hydrogen) atoms. The Kier molecular flexibility index (Phi) is 5.22. The Balaban J connectivity index is 1.50. The van der Waals surface area contributed by atoms with Gasteiger partial charge < -0.3 is 15.3 Å². The molecule has 7 heteroatoms. The minimum atomic E-state index is -4.33. The zero-order chi connectivity index (χ0) is 18.0. The normalized spacial score (nSPS) is 27.4. The van der Waals surface area contributed by atoms with E-state index in [1.807, 2.05) is 0 Å². The number of urea groups is 1. The van der Waals surface area contributed by atoms with Crippen LogP contribution in [0.4, 0.5) is 18.0 Å². The van der Waals surface area contributed by atoms with Crippen molar-refractivity contribution >= 4 is 6.03 Å². The van der Waals surface area contributed by atoms with Crippen LogP contribution in [0, 0.1) is 0 Å². The standard InChI is InChI=1S/C18H23F3N2O2/c19-18(20,21)14-4-1-3-12(9-14)13-10-15(11-13)22-17(25)23-7-2-5-16(24)6-8-23/h1,3-4,9,13,15-16,24H,2,5-8,10-11H2,(H,22,25). The van der Waals surface area contributed by atoms with Gasteiger partial charge in [-0.15, -0.1) is 0 Å². The molecule has 138 valence electrons. The van der Waals surface area contributed by atoms with Crippen LogP contribution in [-0.2, 0) is 6.18 Å². The van der Waals surface area contributed by atoms with E-state index in [-0.39, 0.29) is 24.1 Å². The molecule has 1 unspecified atom stereocenters. The van der Waals surface area contributed by atoms with E-state index in [2.05, 4.69) is 5.32 Å². The van der Waals surface area contributed by atoms with Crippen LogP contribution in [0.5, 0.6) is 0 Å². The number of nitrogens with zero attached hydrogens (tertiary/aromatic N) is 1. The van der Waals surface area contributed by atoms with E-state index in [1.54, 1.807) is 11.0 Å². The van der Waals surface area contributed by atoms with Crippen molar-refractivity contribution in [2.24, 2.45) is 0 Å². The largest absolute Gasteiger partial charge is 0.416 e. The zero-order valence-corrected chi connectivity index (χ0v) is 13.9. The summed E-state index contributed by atoms with van der Waals surface area (Å²) in [4.78, 5) is 14.0. The highest BCUT2D eigenvalue weighted by Gasteiger charge is 2.35. The Hall–Kier alpha value is -1.76. The third kappa shape index (κ3) is 4.45. The van der Waals surface area contributed by atoms with Crippen LogP contribution in [0.1, 0.15) is 49.1 Å². The molecule has 0 aromatic heterocycles. The number of hydrogen-bond acceptors (Lipinski definition) is 2. The summed E-state index contributed by atoms with van der Waals surface area (Å²) >= 11 is 0. The van der Waals surface area contributed by atoms with Crippen LogP contribution in [0.2, 0.25) is 0 Å². The molecule has 4 nitrogen and oxygen atoms in total. The topological polar surface area (TPSA) is 52.6 Å². The van der Waals surface area contributed by atoms with Crippen molar-refractivity contribution in [2.45, 2.75) is 56.3 Å². The molecule has 0 radical (unpaired) electrons. The Morgan fingerprint density at radius 2 is 1.96 bits per heavy atom. The van der Waals surface area contributed by atoms with E-state index in [4.69, 9.17) is 0 Å². The van der Waals surface area contributed by atoms with Crippen molar-refractivity contribution in [1.82, 2.24) is 10.2 Å². The third-order valence-corrected chi connectivity index (χ3v) is 5.14. The molecule has 1 aliphatic heterocycles. The Bertz CT molecular complexity index is 615. The second kappa shape index (κ2) is 7.23. The van der Waals surface area contributed by atoms with Crippen LogP contribution in [0.3, 0.4) is 0 Å². The smallest absolute Gasteiger partial charge is 0.393 e. The minimum absolute atomic E-state index is 0.000203. The number of benzene rings is 1. The van der Waals surface area contributed by atoms with Gasteiger partial charge in [0.1, 0.15) is 0 Å². The van der Waals surface area contributed by atoms with E-state index >= 15 is 0 Å². The van der Waals surface area contributed by atoms with Gasteiger partial charge in [0, 0.05) is 19.1 Å². The molecule has 1 aromatic rings. The second-order valence-electron chi connectivity index (χ2n) is 7.01. The molecular weight excluding hydrogens is 333 g/mol. The molecule has 2 amide bonds. The summed E-state index contributed by atoms with van der Waals surface area (Å²) in [5.74, 6) is 0.0542. The van der Waals surface area contributed by atoms with Crippen molar-refractivity contribution < 1.29 is 23.1 Å². The number of aliphatic hydroxyl groups excluding tert-OH is 1. The van der Waals surface area contributed by atoms with Crippen LogP contribution in [-0.4, -0.2) is 41.3 Å². The second-order valence-corrected chi connectivity index (χ2v) is 7.01. The number of alkyl halides is 3. The molecule has 0 spiro atoms. The first-order valence-electron chi connectivity index (χ1n) is 8.73. The van der Waals surface area contributed by atoms with Gasteiger partial charge in [0.15, 0.2) is 0 Å². The summed E-state index contributed by atoms with van der Waals surface area (Å²) in [5.41, 5.74) is 0.0545. The molecule has 2 N–H and O–H groups in total. The van der Waals surface area contributed by atoms with Gasteiger partial charge in [-0.1, -0.05) is 18.2 Å². The van der Waals surface area contributed by atoms with Crippen LogP contribution < -0.4 is 5.32 Å². The van der Waals surface area contributed by atoms with E-state index < -0.39 is 11.7 Å². The predicted molar refractivity (Wildman–Crippen MR) is 87.2 cm³/mol. The van der Waals surface area contributed by atoms with Gasteiger partial charge in [-0.25, -0.2) is 4.79 Å². The number of carbonyl (C=O) groups is 1. The molecule has 1 aliphatic carbocycles. The molecule has 1 saturated heterocycles. The number of nitrogens with one attached hydrogen (secondary N) is 1. The Morgan fingerprint density at radius 1 is 1.20 bits per heavy atom. The van der Waals surface area contributed by atoms with Crippen molar-refractivity contribution in [3.05, 3.63) is 35.4 Å². The summed E-state index contributed by atoms with van der Waals surface area (Å²) in [6, 6.07) is 5.30. The average molecular weight is 356 g/mol. The molecule has 1 saturated carbocycles. The fourth-order valence-corrected chi connectivity index (χ4v) is 3.52. The molecule has 1 atom stereocenters. The summed E-state index contributed by atoms with van der Waals surface area (Å²) in [6.07, 6.45) is -1.27. The summed E-state index contributed by atoms with van der Waals surface area (Å²) in [7, 11) is 0. The number of carbonyl (C=O) groups excluding carboxylic acids is 1. The lowest BCUT2D eigenvalue weighted by Gasteiger charge is -2.37. The minimum Gasteiger partial charge on any atom is -0.393 e. The highest BCUT2D eigenvalue weighted by atomic mass is 19.4. The number of amides is 2. The van der Waals surface area contributed by atoms with Gasteiger partial charge in [0.05, 0.1) is 11.7 Å². The average Bonchev–Trinajstić information content (AvgIpc) is 2.74. The number of aliphatic hydroxyl groups is 1. The van der Waals surface area contributed by atoms with E-state index in [9.17, 15) is 23.1 Å². The molecule has 2 aliphatic rings. The molecule has 0 bridgehead atoms. The van der Waals surface area contributed by atoms with Gasteiger partial charge in [-0.3, -0.25) is 0 Å². The quantitative estimate of drug-likeness (QED) is 0.852. The lowest BCUT2D eigenvalue weighted by Crippen LogP contribution is -2.49. The summed E-state index contributed by atoms with van der Waals surface area (Å²) in [5, 5.41) is 12.6. The fourth-order valence-electron chi connectivity index (χ4n) is 3.52. The maximum Gasteiger partial charge on any atom is 0.416 e. The number of likely N-dealkylation sites (tertiary alicyclic amines) is 1. The highest BCUT2D eigenvalue weighted by Crippen LogP contribution is 2.39. The Labute approximate surface area is 145 Å². The summed E-state index contributed by atoms with van der Waals surface area (Å²) in [6.45, 7) is 1.17. The van der Waals surface area contributed by atoms with Crippen molar-refractivity contribution in [2.75, 3.05) is 13.1 Å². The third-order valence-electron chi connectivity index (χ3n) is 5.14. The molecular formula is C18H23F3N2O2. The van der Waals surface area contributed by atoms with Crippen molar-refractivity contribution in [1.29, 1.82) is 0 Å². The fraction of sp³-hybridized carbons (Fsp3) is 0.611. The highest BCUT2D eigenvalue weighted by molar-refractivity contribution is 5.74. The SMILES string of the molecule is O=C(NC1CC(c2cccc(C(F)(F)F)c2)C1)N1CCCC(O)CC1. The van der Waals surface area contributed by atoms with E-state index in [0.717, 1.165) is 12.5 Å². The van der Waals surface area contributed by atoms with Gasteiger partial charge in [0.2, 0.25) is 0 Å². The molecule has 1 heterocycles. The van der Waals surface area contributed by atoms with Crippen LogP contribution in [0.15, 0.2) is 24.3 Å². The number of halogens is 3. The molecule has 3 rings (SSSR count). The first-order valence-corrected chi connectivity index (χ1v) is 8.73. The first-order chi connectivity index (χ1) is 11.8. The lowest BCUT2D eigenvalue weighted by atomic mass is 9.75.